The van der Waals surface area contributed by atoms with Crippen LogP contribution in [0.2, 0.25) is 0 Å². The fourth-order valence-corrected chi connectivity index (χ4v) is 2.68. The van der Waals surface area contributed by atoms with Crippen molar-refractivity contribution in [2.45, 2.75) is 25.6 Å². The fraction of sp³-hybridized carbons (Fsp3) is 0.375. The monoisotopic (exact) mass is 302 g/mol. The molecular weight excluding hydrogens is 283 g/mol. The first-order chi connectivity index (χ1) is 10.6. The van der Waals surface area contributed by atoms with Crippen LogP contribution in [0.25, 0.3) is 0 Å². The molecule has 3 rings (SSSR count). The van der Waals surface area contributed by atoms with Gasteiger partial charge < -0.3 is 14.8 Å². The molecule has 22 heavy (non-hydrogen) atoms. The molecule has 0 bridgehead atoms. The predicted molar refractivity (Wildman–Crippen MR) is 80.3 cm³/mol. The van der Waals surface area contributed by atoms with Gasteiger partial charge in [-0.2, -0.15) is 0 Å². The first kappa shape index (κ1) is 14.7. The van der Waals surface area contributed by atoms with E-state index in [0.717, 1.165) is 24.2 Å². The van der Waals surface area contributed by atoms with E-state index >= 15 is 0 Å². The molecule has 116 valence electrons. The van der Waals surface area contributed by atoms with Gasteiger partial charge in [-0.3, -0.25) is 4.79 Å². The van der Waals surface area contributed by atoms with Gasteiger partial charge in [0.25, 0.3) is 0 Å². The molecule has 1 aliphatic heterocycles. The molecule has 1 atom stereocenters. The summed E-state index contributed by atoms with van der Waals surface area (Å²) in [5.74, 6) is -0.154. The van der Waals surface area contributed by atoms with Crippen molar-refractivity contribution >= 4 is 5.91 Å². The summed E-state index contributed by atoms with van der Waals surface area (Å²) in [6, 6.07) is 6.13. The summed E-state index contributed by atoms with van der Waals surface area (Å²) in [6.45, 7) is 1.87. The van der Waals surface area contributed by atoms with Gasteiger partial charge in [0, 0.05) is 32.9 Å². The number of carbonyl (C=O) groups is 1. The van der Waals surface area contributed by atoms with Gasteiger partial charge in [0.2, 0.25) is 5.91 Å². The van der Waals surface area contributed by atoms with Gasteiger partial charge in [-0.1, -0.05) is 12.1 Å². The lowest BCUT2D eigenvalue weighted by molar-refractivity contribution is -0.129. The maximum Gasteiger partial charge on any atom is 0.240 e. The van der Waals surface area contributed by atoms with Crippen molar-refractivity contribution in [3.63, 3.8) is 0 Å². The van der Waals surface area contributed by atoms with E-state index in [2.05, 4.69) is 10.3 Å². The second-order valence-corrected chi connectivity index (χ2v) is 5.60. The largest absolute Gasteiger partial charge is 0.337 e. The molecule has 0 spiro atoms. The number of imidazole rings is 1. The van der Waals surface area contributed by atoms with Crippen molar-refractivity contribution in [3.05, 3.63) is 53.9 Å². The van der Waals surface area contributed by atoms with Gasteiger partial charge >= 0.3 is 0 Å². The first-order valence-electron chi connectivity index (χ1n) is 7.35. The minimum absolute atomic E-state index is 0.103. The van der Waals surface area contributed by atoms with Crippen molar-refractivity contribution in [1.82, 2.24) is 19.8 Å². The number of rotatable bonds is 5. The number of nitrogens with one attached hydrogen (secondary N) is 1. The summed E-state index contributed by atoms with van der Waals surface area (Å²) in [7, 11) is 1.93. The molecule has 0 saturated carbocycles. The Labute approximate surface area is 128 Å². The lowest BCUT2D eigenvalue weighted by Crippen LogP contribution is -2.37. The molecule has 1 saturated heterocycles. The molecule has 0 radical (unpaired) electrons. The minimum Gasteiger partial charge on any atom is -0.337 e. The summed E-state index contributed by atoms with van der Waals surface area (Å²) in [6.07, 6.45) is 4.33. The molecule has 0 aliphatic carbocycles. The van der Waals surface area contributed by atoms with Gasteiger partial charge in [0.05, 0.1) is 18.1 Å². The summed E-state index contributed by atoms with van der Waals surface area (Å²) in [4.78, 5) is 18.3. The number of halogens is 1. The highest BCUT2D eigenvalue weighted by Gasteiger charge is 2.31. The third-order valence-corrected chi connectivity index (χ3v) is 4.03. The Hall–Kier alpha value is -2.21. The maximum absolute atomic E-state index is 12.9. The van der Waals surface area contributed by atoms with Crippen molar-refractivity contribution < 1.29 is 9.18 Å². The molecule has 1 aromatic heterocycles. The number of likely N-dealkylation sites (tertiary alicyclic amines) is 1. The molecule has 1 amide bonds. The number of amides is 1. The normalized spacial score (nSPS) is 18.2. The molecule has 1 aromatic carbocycles. The Morgan fingerprint density at radius 3 is 2.82 bits per heavy atom. The molecule has 1 fully saturated rings. The van der Waals surface area contributed by atoms with Crippen LogP contribution in [0, 0.1) is 5.82 Å². The average Bonchev–Trinajstić information content (AvgIpc) is 3.07. The highest BCUT2D eigenvalue weighted by atomic mass is 19.1. The van der Waals surface area contributed by atoms with E-state index in [-0.39, 0.29) is 17.8 Å². The number of hydrogen-bond donors (Lipinski definition) is 1. The highest BCUT2D eigenvalue weighted by Crippen LogP contribution is 2.16. The maximum atomic E-state index is 12.9. The smallest absolute Gasteiger partial charge is 0.240 e. The molecule has 1 aliphatic rings. The minimum atomic E-state index is -0.257. The molecule has 2 aromatic rings. The van der Waals surface area contributed by atoms with Crippen molar-refractivity contribution in [3.8, 4) is 0 Å². The van der Waals surface area contributed by atoms with E-state index in [4.69, 9.17) is 0 Å². The third-order valence-electron chi connectivity index (χ3n) is 4.03. The number of carbonyl (C=O) groups excluding carboxylic acids is 1. The Balaban J connectivity index is 1.55. The van der Waals surface area contributed by atoms with Gasteiger partial charge in [-0.25, -0.2) is 9.37 Å². The van der Waals surface area contributed by atoms with E-state index < -0.39 is 0 Å². The van der Waals surface area contributed by atoms with E-state index in [1.807, 2.05) is 16.5 Å². The van der Waals surface area contributed by atoms with Crippen LogP contribution in [0.3, 0.4) is 0 Å². The van der Waals surface area contributed by atoms with Crippen LogP contribution in [0.5, 0.6) is 0 Å². The first-order valence-corrected chi connectivity index (χ1v) is 7.35. The Kier molecular flexibility index (Phi) is 4.20. The Bertz CT molecular complexity index is 652. The topological polar surface area (TPSA) is 50.2 Å². The number of hydrogen-bond acceptors (Lipinski definition) is 3. The molecule has 2 heterocycles. The highest BCUT2D eigenvalue weighted by molar-refractivity contribution is 5.83. The zero-order valence-electron chi connectivity index (χ0n) is 12.5. The molecule has 5 nitrogen and oxygen atoms in total. The van der Waals surface area contributed by atoms with Gasteiger partial charge in [0.15, 0.2) is 0 Å². The summed E-state index contributed by atoms with van der Waals surface area (Å²) >= 11 is 0. The summed E-state index contributed by atoms with van der Waals surface area (Å²) in [5, 5.41) is 3.29. The molecule has 6 heteroatoms. The SMILES string of the molecule is Cn1cncc1CN[C@@H]1CCN(Cc2ccc(F)cc2)C1=O. The number of benzene rings is 1. The fourth-order valence-electron chi connectivity index (χ4n) is 2.68. The Morgan fingerprint density at radius 2 is 2.14 bits per heavy atom. The second kappa shape index (κ2) is 6.27. The van der Waals surface area contributed by atoms with Crippen LogP contribution < -0.4 is 5.32 Å². The zero-order chi connectivity index (χ0) is 15.5. The number of nitrogens with zero attached hydrogens (tertiary/aromatic N) is 3. The van der Waals surface area contributed by atoms with Crippen molar-refractivity contribution in [2.75, 3.05) is 6.54 Å². The molecule has 0 unspecified atom stereocenters. The quantitative estimate of drug-likeness (QED) is 0.909. The van der Waals surface area contributed by atoms with E-state index in [0.29, 0.717) is 13.1 Å². The molecule has 1 N–H and O–H groups in total. The van der Waals surface area contributed by atoms with Gasteiger partial charge in [-0.15, -0.1) is 0 Å². The van der Waals surface area contributed by atoms with E-state index in [9.17, 15) is 9.18 Å². The van der Waals surface area contributed by atoms with Crippen LogP contribution in [0.15, 0.2) is 36.8 Å². The lowest BCUT2D eigenvalue weighted by atomic mass is 10.2. The standard InChI is InChI=1S/C16H19FN4O/c1-20-11-18-8-14(20)9-19-15-6-7-21(16(15)22)10-12-2-4-13(17)5-3-12/h2-5,8,11,15,19H,6-7,9-10H2,1H3/t15-/m1/s1. The number of aromatic nitrogens is 2. The summed E-state index contributed by atoms with van der Waals surface area (Å²) in [5.41, 5.74) is 1.99. The number of aryl methyl sites for hydroxylation is 1. The second-order valence-electron chi connectivity index (χ2n) is 5.60. The van der Waals surface area contributed by atoms with Crippen LogP contribution in [-0.4, -0.2) is 32.9 Å². The van der Waals surface area contributed by atoms with Gasteiger partial charge in [-0.05, 0) is 24.1 Å². The van der Waals surface area contributed by atoms with Crippen LogP contribution >= 0.6 is 0 Å². The average molecular weight is 302 g/mol. The molecular formula is C16H19FN4O. The van der Waals surface area contributed by atoms with Crippen molar-refractivity contribution in [2.24, 2.45) is 7.05 Å². The predicted octanol–water partition coefficient (Wildman–Crippen LogP) is 1.45. The van der Waals surface area contributed by atoms with E-state index in [1.165, 1.54) is 12.1 Å². The van der Waals surface area contributed by atoms with Crippen molar-refractivity contribution in [1.29, 1.82) is 0 Å². The zero-order valence-corrected chi connectivity index (χ0v) is 12.5. The third kappa shape index (κ3) is 3.17. The van der Waals surface area contributed by atoms with Crippen LogP contribution in [0.4, 0.5) is 4.39 Å². The Morgan fingerprint density at radius 1 is 1.36 bits per heavy atom. The lowest BCUT2D eigenvalue weighted by Gasteiger charge is -2.17. The van der Waals surface area contributed by atoms with Crippen LogP contribution in [0.1, 0.15) is 17.7 Å². The van der Waals surface area contributed by atoms with Gasteiger partial charge in [0.1, 0.15) is 5.82 Å². The van der Waals surface area contributed by atoms with E-state index in [1.54, 1.807) is 24.7 Å². The van der Waals surface area contributed by atoms with Crippen LogP contribution in [-0.2, 0) is 24.9 Å². The summed E-state index contributed by atoms with van der Waals surface area (Å²) < 4.78 is 14.8.